The van der Waals surface area contributed by atoms with Gasteiger partial charge in [-0.2, -0.15) is 11.8 Å². The van der Waals surface area contributed by atoms with E-state index in [1.54, 1.807) is 0 Å². The third-order valence-corrected chi connectivity index (χ3v) is 5.41. The second kappa shape index (κ2) is 8.58. The van der Waals surface area contributed by atoms with Crippen LogP contribution >= 0.6 is 11.8 Å². The molecule has 0 aromatic heterocycles. The highest BCUT2D eigenvalue weighted by molar-refractivity contribution is 8.00. The van der Waals surface area contributed by atoms with E-state index in [0.29, 0.717) is 4.75 Å². The largest absolute Gasteiger partial charge is 0.491 e. The van der Waals surface area contributed by atoms with Gasteiger partial charge >= 0.3 is 0 Å². The predicted molar refractivity (Wildman–Crippen MR) is 90.7 cm³/mol. The number of thioether (sulfide) groups is 1. The molecule has 1 aromatic rings. The lowest BCUT2D eigenvalue weighted by molar-refractivity contribution is 0.239. The summed E-state index contributed by atoms with van der Waals surface area (Å²) in [5, 5.41) is 3.61. The summed E-state index contributed by atoms with van der Waals surface area (Å²) in [4.78, 5) is 0. The van der Waals surface area contributed by atoms with Crippen LogP contribution in [0.2, 0.25) is 0 Å². The first-order valence-corrected chi connectivity index (χ1v) is 8.79. The minimum absolute atomic E-state index is 0.215. The van der Waals surface area contributed by atoms with Crippen LogP contribution in [0.3, 0.4) is 0 Å². The molecule has 0 aliphatic carbocycles. The fraction of sp³-hybridized carbons (Fsp3) is 0.647. The van der Waals surface area contributed by atoms with Crippen LogP contribution in [0.5, 0.6) is 5.75 Å². The maximum Gasteiger partial charge on any atom is 0.124 e. The zero-order valence-corrected chi connectivity index (χ0v) is 14.3. The van der Waals surface area contributed by atoms with Crippen molar-refractivity contribution in [2.45, 2.75) is 57.9 Å². The van der Waals surface area contributed by atoms with Gasteiger partial charge < -0.3 is 10.1 Å². The number of rotatable bonds is 9. The topological polar surface area (TPSA) is 21.3 Å². The molecule has 0 fully saturated rings. The first-order chi connectivity index (χ1) is 9.56. The highest BCUT2D eigenvalue weighted by Crippen LogP contribution is 2.29. The van der Waals surface area contributed by atoms with E-state index in [2.05, 4.69) is 57.5 Å². The molecule has 0 saturated heterocycles. The van der Waals surface area contributed by atoms with Crippen LogP contribution in [0.25, 0.3) is 0 Å². The summed E-state index contributed by atoms with van der Waals surface area (Å²) in [5.41, 5.74) is 1.24. The lowest BCUT2D eigenvalue weighted by Gasteiger charge is -2.30. The van der Waals surface area contributed by atoms with Gasteiger partial charge in [0.2, 0.25) is 0 Å². The first-order valence-electron chi connectivity index (χ1n) is 7.57. The molecule has 0 unspecified atom stereocenters. The number of ether oxygens (including phenoxy) is 1. The first kappa shape index (κ1) is 17.4. The quantitative estimate of drug-likeness (QED) is 0.725. The Balaban J connectivity index is 2.61. The summed E-state index contributed by atoms with van der Waals surface area (Å²) in [6.45, 7) is 10.6. The van der Waals surface area contributed by atoms with Gasteiger partial charge in [-0.1, -0.05) is 32.0 Å². The van der Waals surface area contributed by atoms with E-state index in [4.69, 9.17) is 4.74 Å². The van der Waals surface area contributed by atoms with Gasteiger partial charge in [0.05, 0.1) is 6.10 Å². The van der Waals surface area contributed by atoms with Crippen LogP contribution in [-0.4, -0.2) is 23.7 Å². The Bertz CT molecular complexity index is 380. The van der Waals surface area contributed by atoms with E-state index in [-0.39, 0.29) is 6.10 Å². The molecule has 2 nitrogen and oxygen atoms in total. The molecule has 0 radical (unpaired) electrons. The van der Waals surface area contributed by atoms with Crippen LogP contribution in [0, 0.1) is 0 Å². The van der Waals surface area contributed by atoms with Gasteiger partial charge in [0.25, 0.3) is 0 Å². The summed E-state index contributed by atoms with van der Waals surface area (Å²) >= 11 is 1.97. The van der Waals surface area contributed by atoms with Crippen molar-refractivity contribution in [1.29, 1.82) is 0 Å². The summed E-state index contributed by atoms with van der Waals surface area (Å²) in [6, 6.07) is 8.30. The number of nitrogens with one attached hydrogen (secondary N) is 1. The molecule has 0 aliphatic rings. The molecule has 3 heteroatoms. The summed E-state index contributed by atoms with van der Waals surface area (Å²) in [5.74, 6) is 0.998. The monoisotopic (exact) mass is 295 g/mol. The van der Waals surface area contributed by atoms with Crippen molar-refractivity contribution in [3.63, 3.8) is 0 Å². The van der Waals surface area contributed by atoms with Crippen molar-refractivity contribution in [2.75, 3.05) is 12.8 Å². The summed E-state index contributed by atoms with van der Waals surface area (Å²) in [6.07, 6.45) is 4.82. The van der Waals surface area contributed by atoms with Crippen molar-refractivity contribution in [2.24, 2.45) is 0 Å². The molecule has 0 saturated carbocycles. The Labute approximate surface area is 128 Å². The summed E-state index contributed by atoms with van der Waals surface area (Å²) in [7, 11) is 0. The van der Waals surface area contributed by atoms with Gasteiger partial charge in [-0.15, -0.1) is 0 Å². The van der Waals surface area contributed by atoms with E-state index in [0.717, 1.165) is 18.8 Å². The molecule has 114 valence electrons. The number of para-hydroxylation sites is 1. The molecule has 0 spiro atoms. The predicted octanol–water partition coefficient (Wildman–Crippen LogP) is 4.49. The van der Waals surface area contributed by atoms with Gasteiger partial charge in [0.15, 0.2) is 0 Å². The molecule has 1 N–H and O–H groups in total. The zero-order chi connectivity index (χ0) is 15.0. The Morgan fingerprint density at radius 3 is 2.40 bits per heavy atom. The normalized spacial score (nSPS) is 11.9. The van der Waals surface area contributed by atoms with Gasteiger partial charge in [-0.25, -0.2) is 0 Å². The summed E-state index contributed by atoms with van der Waals surface area (Å²) < 4.78 is 6.22. The molecule has 20 heavy (non-hydrogen) atoms. The Kier molecular flexibility index (Phi) is 7.46. The highest BCUT2D eigenvalue weighted by Gasteiger charge is 2.24. The second-order valence-electron chi connectivity index (χ2n) is 5.47. The average Bonchev–Trinajstić information content (AvgIpc) is 2.45. The third-order valence-electron chi connectivity index (χ3n) is 3.82. The molecule has 0 heterocycles. The van der Waals surface area contributed by atoms with Crippen molar-refractivity contribution in [3.8, 4) is 5.75 Å². The van der Waals surface area contributed by atoms with E-state index in [9.17, 15) is 0 Å². The Morgan fingerprint density at radius 1 is 1.20 bits per heavy atom. The molecule has 1 aromatic carbocycles. The van der Waals surface area contributed by atoms with Crippen LogP contribution < -0.4 is 10.1 Å². The van der Waals surface area contributed by atoms with Gasteiger partial charge in [-0.05, 0) is 39.0 Å². The maximum absolute atomic E-state index is 5.86. The van der Waals surface area contributed by atoms with Crippen molar-refractivity contribution in [1.82, 2.24) is 5.32 Å². The highest BCUT2D eigenvalue weighted by atomic mass is 32.2. The standard InChI is InChI=1S/C17H29NOS/c1-6-17(7-2,20-5)13-18-12-15-10-8-9-11-16(15)19-14(3)4/h8-11,14,18H,6-7,12-13H2,1-5H3. The maximum atomic E-state index is 5.86. The lowest BCUT2D eigenvalue weighted by Crippen LogP contribution is -2.36. The van der Waals surface area contributed by atoms with Crippen molar-refractivity contribution < 1.29 is 4.74 Å². The molecular formula is C17H29NOS. The fourth-order valence-electron chi connectivity index (χ4n) is 2.30. The smallest absolute Gasteiger partial charge is 0.124 e. The lowest BCUT2D eigenvalue weighted by atomic mass is 10.0. The second-order valence-corrected chi connectivity index (χ2v) is 6.75. The molecule has 0 atom stereocenters. The van der Waals surface area contributed by atoms with Gasteiger partial charge in [0, 0.05) is 23.4 Å². The van der Waals surface area contributed by atoms with E-state index >= 15 is 0 Å². The number of hydrogen-bond donors (Lipinski definition) is 1. The molecular weight excluding hydrogens is 266 g/mol. The average molecular weight is 295 g/mol. The third kappa shape index (κ3) is 5.02. The van der Waals surface area contributed by atoms with E-state index in [1.807, 2.05) is 17.8 Å². The minimum atomic E-state index is 0.215. The Morgan fingerprint density at radius 2 is 1.85 bits per heavy atom. The Hall–Kier alpha value is -0.670. The van der Waals surface area contributed by atoms with Crippen LogP contribution in [0.15, 0.2) is 24.3 Å². The number of hydrogen-bond acceptors (Lipinski definition) is 3. The molecule has 0 amide bonds. The molecule has 0 aliphatic heterocycles. The molecule has 1 rings (SSSR count). The molecule has 0 bridgehead atoms. The fourth-order valence-corrected chi connectivity index (χ4v) is 3.13. The van der Waals surface area contributed by atoms with Crippen LogP contribution in [0.1, 0.15) is 46.1 Å². The van der Waals surface area contributed by atoms with Crippen LogP contribution in [-0.2, 0) is 6.54 Å². The minimum Gasteiger partial charge on any atom is -0.491 e. The zero-order valence-electron chi connectivity index (χ0n) is 13.5. The van der Waals surface area contributed by atoms with Crippen molar-refractivity contribution in [3.05, 3.63) is 29.8 Å². The SMILES string of the molecule is CCC(CC)(CNCc1ccccc1OC(C)C)SC. The van der Waals surface area contributed by atoms with Gasteiger partial charge in [-0.3, -0.25) is 0 Å². The van der Waals surface area contributed by atoms with Crippen LogP contribution in [0.4, 0.5) is 0 Å². The van der Waals surface area contributed by atoms with E-state index in [1.165, 1.54) is 18.4 Å². The van der Waals surface area contributed by atoms with Gasteiger partial charge in [0.1, 0.15) is 5.75 Å². The number of benzene rings is 1. The van der Waals surface area contributed by atoms with E-state index < -0.39 is 0 Å². The van der Waals surface area contributed by atoms with Crippen molar-refractivity contribution >= 4 is 11.8 Å².